The molecule has 2 heterocycles. The first-order valence-corrected chi connectivity index (χ1v) is 7.80. The lowest BCUT2D eigenvalue weighted by molar-refractivity contribution is 0.0282. The van der Waals surface area contributed by atoms with Gasteiger partial charge in [-0.1, -0.05) is 0 Å². The Bertz CT molecular complexity index is 539. The molecule has 1 amide bonds. The smallest absolute Gasteiger partial charge is 0.410 e. The van der Waals surface area contributed by atoms with Gasteiger partial charge in [-0.05, 0) is 45.0 Å². The van der Waals surface area contributed by atoms with E-state index in [0.29, 0.717) is 11.8 Å². The summed E-state index contributed by atoms with van der Waals surface area (Å²) in [5.74, 6) is 0.731. The zero-order chi connectivity index (χ0) is 15.9. The van der Waals surface area contributed by atoms with Crippen molar-refractivity contribution in [3.63, 3.8) is 0 Å². The van der Waals surface area contributed by atoms with E-state index in [0.717, 1.165) is 31.9 Å². The lowest BCUT2D eigenvalue weighted by atomic mass is 10.0. The largest absolute Gasteiger partial charge is 0.444 e. The van der Waals surface area contributed by atoms with E-state index in [1.807, 2.05) is 37.8 Å². The highest BCUT2D eigenvalue weighted by Gasteiger charge is 2.42. The van der Waals surface area contributed by atoms with Crippen molar-refractivity contribution in [1.29, 1.82) is 0 Å². The van der Waals surface area contributed by atoms with Gasteiger partial charge in [0, 0.05) is 43.7 Å². The zero-order valence-corrected chi connectivity index (χ0v) is 13.4. The Morgan fingerprint density at radius 3 is 2.14 bits per heavy atom. The number of nitrogens with zero attached hydrogens (tertiary/aromatic N) is 2. The van der Waals surface area contributed by atoms with E-state index >= 15 is 0 Å². The maximum Gasteiger partial charge on any atom is 0.410 e. The summed E-state index contributed by atoms with van der Waals surface area (Å²) in [6, 6.07) is 6.64. The van der Waals surface area contributed by atoms with Crippen molar-refractivity contribution in [3.8, 4) is 0 Å². The molecule has 0 unspecified atom stereocenters. The van der Waals surface area contributed by atoms with Gasteiger partial charge < -0.3 is 14.5 Å². The summed E-state index contributed by atoms with van der Waals surface area (Å²) in [6.07, 6.45) is -0.213. The molecule has 0 bridgehead atoms. The van der Waals surface area contributed by atoms with Crippen LogP contribution in [0.3, 0.4) is 0 Å². The van der Waals surface area contributed by atoms with Gasteiger partial charge in [0.25, 0.3) is 0 Å². The van der Waals surface area contributed by atoms with E-state index in [2.05, 4.69) is 4.90 Å². The van der Waals surface area contributed by atoms with Gasteiger partial charge >= 0.3 is 6.09 Å². The van der Waals surface area contributed by atoms with Crippen molar-refractivity contribution in [2.75, 3.05) is 31.1 Å². The molecule has 0 aliphatic carbocycles. The monoisotopic (exact) mass is 306 g/mol. The van der Waals surface area contributed by atoms with Crippen molar-refractivity contribution in [1.82, 2.24) is 4.90 Å². The lowest BCUT2D eigenvalue weighted by Crippen LogP contribution is -2.37. The highest BCUT2D eigenvalue weighted by Crippen LogP contribution is 2.34. The summed E-state index contributed by atoms with van der Waals surface area (Å²) in [7, 11) is 0. The summed E-state index contributed by atoms with van der Waals surface area (Å²) < 4.78 is 18.4. The molecule has 0 N–H and O–H groups in total. The van der Waals surface area contributed by atoms with Gasteiger partial charge in [0.05, 0.1) is 0 Å². The van der Waals surface area contributed by atoms with Crippen LogP contribution in [0.4, 0.5) is 14.9 Å². The number of carbonyl (C=O) groups excluding carboxylic acids is 1. The number of hydrogen-bond donors (Lipinski definition) is 0. The zero-order valence-electron chi connectivity index (χ0n) is 13.4. The van der Waals surface area contributed by atoms with Crippen molar-refractivity contribution < 1.29 is 13.9 Å². The van der Waals surface area contributed by atoms with Crippen molar-refractivity contribution >= 4 is 11.8 Å². The van der Waals surface area contributed by atoms with E-state index in [9.17, 15) is 9.18 Å². The maximum atomic E-state index is 13.0. The molecule has 5 heteroatoms. The second kappa shape index (κ2) is 5.45. The number of fused-ring (bicyclic) bond motifs is 1. The van der Waals surface area contributed by atoms with Crippen LogP contribution < -0.4 is 4.90 Å². The van der Waals surface area contributed by atoms with Gasteiger partial charge in [-0.3, -0.25) is 0 Å². The standard InChI is InChI=1S/C17H23FN2O2/c1-17(2,3)22-16(21)20-10-12-8-19(9-13(12)11-20)15-6-4-14(18)5-7-15/h4-7,12-13H,8-11H2,1-3H3/t12-,13-/m0/s1. The highest BCUT2D eigenvalue weighted by atomic mass is 19.1. The van der Waals surface area contributed by atoms with Crippen LogP contribution in [0.1, 0.15) is 20.8 Å². The molecule has 4 nitrogen and oxygen atoms in total. The van der Waals surface area contributed by atoms with Crippen molar-refractivity contribution in [2.24, 2.45) is 11.8 Å². The van der Waals surface area contributed by atoms with E-state index in [1.54, 1.807) is 0 Å². The molecule has 2 fully saturated rings. The number of hydrogen-bond acceptors (Lipinski definition) is 3. The SMILES string of the molecule is CC(C)(C)OC(=O)N1C[C@@H]2CN(c3ccc(F)cc3)C[C@H]2C1. The minimum absolute atomic E-state index is 0.209. The van der Waals surface area contributed by atoms with Gasteiger partial charge in [-0.15, -0.1) is 0 Å². The van der Waals surface area contributed by atoms with Gasteiger partial charge in [0.1, 0.15) is 11.4 Å². The van der Waals surface area contributed by atoms with Crippen molar-refractivity contribution in [3.05, 3.63) is 30.1 Å². The number of likely N-dealkylation sites (tertiary alicyclic amines) is 1. The molecule has 3 rings (SSSR count). The summed E-state index contributed by atoms with van der Waals surface area (Å²) in [4.78, 5) is 16.2. The quantitative estimate of drug-likeness (QED) is 0.799. The molecular formula is C17H23FN2O2. The first-order valence-electron chi connectivity index (χ1n) is 7.80. The highest BCUT2D eigenvalue weighted by molar-refractivity contribution is 5.68. The van der Waals surface area contributed by atoms with Gasteiger partial charge in [0.2, 0.25) is 0 Å². The van der Waals surface area contributed by atoms with Crippen LogP contribution >= 0.6 is 0 Å². The normalized spacial score (nSPS) is 24.5. The Balaban J connectivity index is 1.58. The first-order chi connectivity index (χ1) is 10.3. The molecule has 0 aromatic heterocycles. The van der Waals surface area contributed by atoms with Crippen LogP contribution in [-0.2, 0) is 4.74 Å². The van der Waals surface area contributed by atoms with Crippen LogP contribution in [0.2, 0.25) is 0 Å². The topological polar surface area (TPSA) is 32.8 Å². The van der Waals surface area contributed by atoms with Crippen LogP contribution in [0.5, 0.6) is 0 Å². The van der Waals surface area contributed by atoms with Gasteiger partial charge in [-0.2, -0.15) is 0 Å². The summed E-state index contributed by atoms with van der Waals surface area (Å²) in [5.41, 5.74) is 0.606. The van der Waals surface area contributed by atoms with Crippen LogP contribution in [0.25, 0.3) is 0 Å². The second-order valence-corrected chi connectivity index (χ2v) is 7.29. The van der Waals surface area contributed by atoms with Crippen LogP contribution in [-0.4, -0.2) is 42.8 Å². The van der Waals surface area contributed by atoms with E-state index in [4.69, 9.17) is 4.74 Å². The molecule has 22 heavy (non-hydrogen) atoms. The van der Waals surface area contributed by atoms with Gasteiger partial charge in [0.15, 0.2) is 0 Å². The van der Waals surface area contributed by atoms with E-state index in [1.165, 1.54) is 12.1 Å². The molecule has 2 aliphatic rings. The molecular weight excluding hydrogens is 283 g/mol. The number of amides is 1. The van der Waals surface area contributed by atoms with Gasteiger partial charge in [-0.25, -0.2) is 9.18 Å². The molecule has 0 spiro atoms. The third-order valence-electron chi connectivity index (χ3n) is 4.33. The number of halogens is 1. The minimum Gasteiger partial charge on any atom is -0.444 e. The first kappa shape index (κ1) is 15.1. The third-order valence-corrected chi connectivity index (χ3v) is 4.33. The number of anilines is 1. The Hall–Kier alpha value is -1.78. The predicted octanol–water partition coefficient (Wildman–Crippen LogP) is 3.13. The number of carbonyl (C=O) groups is 1. The summed E-state index contributed by atoms with van der Waals surface area (Å²) in [6.45, 7) is 8.98. The molecule has 0 saturated carbocycles. The fourth-order valence-electron chi connectivity index (χ4n) is 3.33. The molecule has 0 radical (unpaired) electrons. The van der Waals surface area contributed by atoms with Crippen LogP contribution in [0.15, 0.2) is 24.3 Å². The summed E-state index contributed by atoms with van der Waals surface area (Å²) >= 11 is 0. The predicted molar refractivity (Wildman–Crippen MR) is 83.4 cm³/mol. The van der Waals surface area contributed by atoms with Crippen molar-refractivity contribution in [2.45, 2.75) is 26.4 Å². The second-order valence-electron chi connectivity index (χ2n) is 7.29. The average Bonchev–Trinajstić information content (AvgIpc) is 2.95. The molecule has 2 saturated heterocycles. The Kier molecular flexibility index (Phi) is 3.75. The van der Waals surface area contributed by atoms with E-state index in [-0.39, 0.29) is 11.9 Å². The van der Waals surface area contributed by atoms with E-state index < -0.39 is 5.60 Å². The average molecular weight is 306 g/mol. The maximum absolute atomic E-state index is 13.0. The fraction of sp³-hybridized carbons (Fsp3) is 0.588. The lowest BCUT2D eigenvalue weighted by Gasteiger charge is -2.26. The number of benzene rings is 1. The number of ether oxygens (including phenoxy) is 1. The molecule has 2 aliphatic heterocycles. The Morgan fingerprint density at radius 2 is 1.64 bits per heavy atom. The number of rotatable bonds is 1. The molecule has 2 atom stereocenters. The molecule has 120 valence electrons. The van der Waals surface area contributed by atoms with Crippen LogP contribution in [0, 0.1) is 17.7 Å². The molecule has 1 aromatic carbocycles. The summed E-state index contributed by atoms with van der Waals surface area (Å²) in [5, 5.41) is 0. The minimum atomic E-state index is -0.449. The fourth-order valence-corrected chi connectivity index (χ4v) is 3.33. The third kappa shape index (κ3) is 3.18. The Morgan fingerprint density at radius 1 is 1.09 bits per heavy atom. The molecule has 1 aromatic rings. The Labute approximate surface area is 130 Å².